The van der Waals surface area contributed by atoms with Gasteiger partial charge >= 0.3 is 0 Å². The minimum Gasteiger partial charge on any atom is -0.493 e. The molecule has 1 aromatic heterocycles. The van der Waals surface area contributed by atoms with Crippen molar-refractivity contribution < 1.29 is 14.2 Å². The highest BCUT2D eigenvalue weighted by molar-refractivity contribution is 5.89. The molecule has 150 valence electrons. The van der Waals surface area contributed by atoms with Crippen LogP contribution in [0.15, 0.2) is 12.1 Å². The monoisotopic (exact) mass is 383 g/mol. The van der Waals surface area contributed by atoms with E-state index in [0.717, 1.165) is 41.2 Å². The fourth-order valence-corrected chi connectivity index (χ4v) is 4.24. The number of nitrogens with zero attached hydrogens (tertiary/aromatic N) is 2. The maximum atomic E-state index is 6.12. The quantitative estimate of drug-likeness (QED) is 0.702. The van der Waals surface area contributed by atoms with Gasteiger partial charge in [-0.1, -0.05) is 0 Å². The van der Waals surface area contributed by atoms with Crippen LogP contribution in [0.2, 0.25) is 0 Å². The van der Waals surface area contributed by atoms with Crippen LogP contribution in [0.3, 0.4) is 0 Å². The lowest BCUT2D eigenvalue weighted by Gasteiger charge is -2.17. The Kier molecular flexibility index (Phi) is 4.99. The Labute approximate surface area is 166 Å². The van der Waals surface area contributed by atoms with E-state index >= 15 is 0 Å². The number of ether oxygens (including phenoxy) is 3. The largest absolute Gasteiger partial charge is 0.493 e. The summed E-state index contributed by atoms with van der Waals surface area (Å²) in [6.07, 6.45) is 6.14. The van der Waals surface area contributed by atoms with Crippen LogP contribution in [0.4, 0.5) is 5.82 Å². The summed E-state index contributed by atoms with van der Waals surface area (Å²) in [5.41, 5.74) is 3.37. The molecule has 3 heterocycles. The third-order valence-electron chi connectivity index (χ3n) is 5.98. The van der Waals surface area contributed by atoms with Crippen molar-refractivity contribution in [1.29, 1.82) is 0 Å². The van der Waals surface area contributed by atoms with Crippen molar-refractivity contribution in [2.75, 3.05) is 38.7 Å². The molecule has 28 heavy (non-hydrogen) atoms. The van der Waals surface area contributed by atoms with E-state index < -0.39 is 0 Å². The van der Waals surface area contributed by atoms with Crippen molar-refractivity contribution in [1.82, 2.24) is 9.88 Å². The molecule has 1 saturated carbocycles. The summed E-state index contributed by atoms with van der Waals surface area (Å²) in [5, 5.41) is 4.68. The Morgan fingerprint density at radius 3 is 2.75 bits per heavy atom. The molecule has 1 aliphatic carbocycles. The minimum atomic E-state index is 0.565. The smallest absolute Gasteiger partial charge is 0.162 e. The molecule has 1 aromatic carbocycles. The number of likely N-dealkylation sites (tertiary alicyclic amines) is 1. The van der Waals surface area contributed by atoms with Gasteiger partial charge in [0.05, 0.1) is 32.4 Å². The highest BCUT2D eigenvalue weighted by atomic mass is 16.5. The molecular weight excluding hydrogens is 354 g/mol. The molecule has 2 aliphatic heterocycles. The fourth-order valence-electron chi connectivity index (χ4n) is 4.24. The Morgan fingerprint density at radius 2 is 1.96 bits per heavy atom. The number of rotatable bonds is 8. The molecule has 0 unspecified atom stereocenters. The van der Waals surface area contributed by atoms with Crippen LogP contribution in [0.5, 0.6) is 11.5 Å². The van der Waals surface area contributed by atoms with Gasteiger partial charge in [0.1, 0.15) is 5.82 Å². The number of hydrogen-bond acceptors (Lipinski definition) is 6. The second kappa shape index (κ2) is 7.76. The second-order valence-corrected chi connectivity index (χ2v) is 8.10. The number of methoxy groups -OCH3 is 1. The van der Waals surface area contributed by atoms with Crippen LogP contribution in [-0.2, 0) is 18.0 Å². The SMILES string of the molecule is COc1cc2nc(NC3CC3)c3c(c2cc1OCCCN1CCCC1)COC3. The van der Waals surface area contributed by atoms with Crippen LogP contribution in [0.1, 0.15) is 43.2 Å². The molecular formula is C22H29N3O3. The average Bonchev–Trinajstić information content (AvgIpc) is 3.18. The highest BCUT2D eigenvalue weighted by Crippen LogP contribution is 2.39. The first-order valence-electron chi connectivity index (χ1n) is 10.5. The summed E-state index contributed by atoms with van der Waals surface area (Å²) in [7, 11) is 1.69. The Morgan fingerprint density at radius 1 is 1.14 bits per heavy atom. The zero-order valence-corrected chi connectivity index (χ0v) is 16.6. The van der Waals surface area contributed by atoms with Crippen LogP contribution in [-0.4, -0.2) is 49.3 Å². The zero-order chi connectivity index (χ0) is 18.9. The number of nitrogens with one attached hydrogen (secondary N) is 1. The number of aromatic nitrogens is 1. The highest BCUT2D eigenvalue weighted by Gasteiger charge is 2.27. The first-order chi connectivity index (χ1) is 13.8. The van der Waals surface area contributed by atoms with Gasteiger partial charge in [-0.25, -0.2) is 4.98 Å². The van der Waals surface area contributed by atoms with Gasteiger partial charge in [0.2, 0.25) is 0 Å². The van der Waals surface area contributed by atoms with E-state index in [1.807, 2.05) is 6.07 Å². The molecule has 0 bridgehead atoms. The summed E-state index contributed by atoms with van der Waals surface area (Å²) in [4.78, 5) is 7.41. The summed E-state index contributed by atoms with van der Waals surface area (Å²) < 4.78 is 17.5. The fraction of sp³-hybridized carbons (Fsp3) is 0.591. The Hall–Kier alpha value is -2.05. The summed E-state index contributed by atoms with van der Waals surface area (Å²) in [5.74, 6) is 2.52. The Balaban J connectivity index is 1.38. The summed E-state index contributed by atoms with van der Waals surface area (Å²) in [6, 6.07) is 4.66. The van der Waals surface area contributed by atoms with Crippen molar-refractivity contribution in [2.45, 2.75) is 51.4 Å². The van der Waals surface area contributed by atoms with E-state index in [1.165, 1.54) is 49.9 Å². The molecule has 1 saturated heterocycles. The van der Waals surface area contributed by atoms with Gasteiger partial charge < -0.3 is 24.4 Å². The second-order valence-electron chi connectivity index (χ2n) is 8.10. The Bertz CT molecular complexity index is 860. The number of fused-ring (bicyclic) bond motifs is 3. The molecule has 6 heteroatoms. The normalized spacial score (nSPS) is 19.2. The third-order valence-corrected chi connectivity index (χ3v) is 5.98. The lowest BCUT2D eigenvalue weighted by Crippen LogP contribution is -2.21. The summed E-state index contributed by atoms with van der Waals surface area (Å²) in [6.45, 7) is 5.53. The molecule has 0 spiro atoms. The van der Waals surface area contributed by atoms with Gasteiger partial charge in [-0.3, -0.25) is 0 Å². The van der Waals surface area contributed by atoms with Crippen LogP contribution in [0.25, 0.3) is 10.9 Å². The molecule has 1 N–H and O–H groups in total. The van der Waals surface area contributed by atoms with E-state index in [2.05, 4.69) is 16.3 Å². The van der Waals surface area contributed by atoms with Gasteiger partial charge in [0.25, 0.3) is 0 Å². The topological polar surface area (TPSA) is 55.8 Å². The molecule has 2 fully saturated rings. The van der Waals surface area contributed by atoms with E-state index in [0.29, 0.717) is 25.9 Å². The molecule has 0 radical (unpaired) electrons. The molecule has 5 rings (SSSR count). The molecule has 0 amide bonds. The number of anilines is 1. The first kappa shape index (κ1) is 18.0. The standard InChI is InChI=1S/C22H29N3O3/c1-26-20-12-19-16(11-21(20)28-10-4-9-25-7-2-3-8-25)17-13-27-14-18(17)22(24-19)23-15-5-6-15/h11-12,15H,2-10,13-14H2,1H3,(H,23,24). The molecule has 6 nitrogen and oxygen atoms in total. The lowest BCUT2D eigenvalue weighted by atomic mass is 10.0. The minimum absolute atomic E-state index is 0.565. The number of hydrogen-bond donors (Lipinski definition) is 1. The maximum Gasteiger partial charge on any atom is 0.162 e. The zero-order valence-electron chi connectivity index (χ0n) is 16.6. The summed E-state index contributed by atoms with van der Waals surface area (Å²) >= 11 is 0. The van der Waals surface area contributed by atoms with E-state index in [9.17, 15) is 0 Å². The number of pyridine rings is 1. The van der Waals surface area contributed by atoms with Crippen LogP contribution < -0.4 is 14.8 Å². The van der Waals surface area contributed by atoms with Crippen molar-refractivity contribution in [2.24, 2.45) is 0 Å². The molecule has 2 aromatic rings. The third kappa shape index (κ3) is 3.63. The van der Waals surface area contributed by atoms with Gasteiger partial charge in [0.15, 0.2) is 11.5 Å². The van der Waals surface area contributed by atoms with Crippen molar-refractivity contribution in [3.05, 3.63) is 23.3 Å². The van der Waals surface area contributed by atoms with Gasteiger partial charge in [-0.15, -0.1) is 0 Å². The average molecular weight is 383 g/mol. The van der Waals surface area contributed by atoms with Crippen molar-refractivity contribution in [3.63, 3.8) is 0 Å². The number of benzene rings is 1. The molecule has 3 aliphatic rings. The maximum absolute atomic E-state index is 6.12. The van der Waals surface area contributed by atoms with Gasteiger partial charge in [-0.2, -0.15) is 0 Å². The predicted molar refractivity (Wildman–Crippen MR) is 109 cm³/mol. The van der Waals surface area contributed by atoms with E-state index in [-0.39, 0.29) is 0 Å². The van der Waals surface area contributed by atoms with Gasteiger partial charge in [0, 0.05) is 29.6 Å². The van der Waals surface area contributed by atoms with Gasteiger partial charge in [-0.05, 0) is 56.8 Å². The van der Waals surface area contributed by atoms with E-state index in [1.54, 1.807) is 7.11 Å². The van der Waals surface area contributed by atoms with Crippen LogP contribution in [0, 0.1) is 0 Å². The first-order valence-corrected chi connectivity index (χ1v) is 10.5. The van der Waals surface area contributed by atoms with E-state index in [4.69, 9.17) is 19.2 Å². The van der Waals surface area contributed by atoms with Crippen molar-refractivity contribution in [3.8, 4) is 11.5 Å². The predicted octanol–water partition coefficient (Wildman–Crippen LogP) is 3.71. The molecule has 0 atom stereocenters. The van der Waals surface area contributed by atoms with Crippen molar-refractivity contribution >= 4 is 16.7 Å². The van der Waals surface area contributed by atoms with Crippen LogP contribution >= 0.6 is 0 Å². The lowest BCUT2D eigenvalue weighted by molar-refractivity contribution is 0.135.